The van der Waals surface area contributed by atoms with E-state index in [0.717, 1.165) is 47.1 Å². The average molecular weight is 443 g/mol. The maximum Gasteiger partial charge on any atom is 0.341 e. The SMILES string of the molecule is O=C(O)COc1cccc2c1CCCC2=CCC(=O)NC(c1ccccc1)c1cccnc1. The van der Waals surface area contributed by atoms with Crippen LogP contribution in [0.5, 0.6) is 5.75 Å². The number of rotatable bonds is 8. The van der Waals surface area contributed by atoms with Crippen molar-refractivity contribution in [2.75, 3.05) is 6.61 Å². The Kier molecular flexibility index (Phi) is 7.15. The Hall–Kier alpha value is -3.93. The number of nitrogens with one attached hydrogen (secondary N) is 1. The summed E-state index contributed by atoms with van der Waals surface area (Å²) in [5, 5.41) is 12.1. The first-order valence-corrected chi connectivity index (χ1v) is 11.0. The quantitative estimate of drug-likeness (QED) is 0.534. The van der Waals surface area contributed by atoms with Crippen molar-refractivity contribution in [1.82, 2.24) is 10.3 Å². The van der Waals surface area contributed by atoms with Crippen LogP contribution >= 0.6 is 0 Å². The summed E-state index contributed by atoms with van der Waals surface area (Å²) in [5.41, 5.74) is 5.05. The molecule has 1 heterocycles. The summed E-state index contributed by atoms with van der Waals surface area (Å²) in [7, 11) is 0. The minimum Gasteiger partial charge on any atom is -0.482 e. The number of pyridine rings is 1. The van der Waals surface area contributed by atoms with Crippen LogP contribution in [-0.4, -0.2) is 28.6 Å². The van der Waals surface area contributed by atoms with E-state index in [0.29, 0.717) is 5.75 Å². The molecule has 0 aliphatic heterocycles. The van der Waals surface area contributed by atoms with Gasteiger partial charge in [0.25, 0.3) is 0 Å². The van der Waals surface area contributed by atoms with Crippen LogP contribution in [0, 0.1) is 0 Å². The molecule has 1 amide bonds. The molecule has 4 rings (SSSR count). The van der Waals surface area contributed by atoms with Crippen molar-refractivity contribution < 1.29 is 19.4 Å². The van der Waals surface area contributed by atoms with Crippen LogP contribution in [0.4, 0.5) is 0 Å². The van der Waals surface area contributed by atoms with E-state index in [9.17, 15) is 9.59 Å². The molecule has 1 atom stereocenters. The van der Waals surface area contributed by atoms with Crippen molar-refractivity contribution in [2.45, 2.75) is 31.7 Å². The summed E-state index contributed by atoms with van der Waals surface area (Å²) >= 11 is 0. The minimum atomic E-state index is -1.00. The Labute approximate surface area is 192 Å². The molecule has 1 aromatic heterocycles. The Morgan fingerprint density at radius 2 is 1.85 bits per heavy atom. The predicted molar refractivity (Wildman–Crippen MR) is 126 cm³/mol. The number of carboxylic acids is 1. The van der Waals surface area contributed by atoms with E-state index in [1.54, 1.807) is 18.5 Å². The van der Waals surface area contributed by atoms with E-state index < -0.39 is 5.97 Å². The van der Waals surface area contributed by atoms with Gasteiger partial charge in [0.15, 0.2) is 6.61 Å². The van der Waals surface area contributed by atoms with Crippen LogP contribution in [-0.2, 0) is 16.0 Å². The van der Waals surface area contributed by atoms with Crippen molar-refractivity contribution in [1.29, 1.82) is 0 Å². The smallest absolute Gasteiger partial charge is 0.341 e. The average Bonchev–Trinajstić information content (AvgIpc) is 2.85. The largest absolute Gasteiger partial charge is 0.482 e. The van der Waals surface area contributed by atoms with Gasteiger partial charge in [-0.25, -0.2) is 4.79 Å². The lowest BCUT2D eigenvalue weighted by Crippen LogP contribution is -2.28. The number of benzene rings is 2. The van der Waals surface area contributed by atoms with E-state index in [4.69, 9.17) is 9.84 Å². The predicted octanol–water partition coefficient (Wildman–Crippen LogP) is 4.56. The van der Waals surface area contributed by atoms with Gasteiger partial charge < -0.3 is 15.2 Å². The third-order valence-electron chi connectivity index (χ3n) is 5.69. The number of carbonyl (C=O) groups excluding carboxylic acids is 1. The highest BCUT2D eigenvalue weighted by molar-refractivity contribution is 5.82. The van der Waals surface area contributed by atoms with E-state index in [1.165, 1.54) is 0 Å². The summed E-state index contributed by atoms with van der Waals surface area (Å²) in [6, 6.07) is 19.1. The molecule has 3 aromatic rings. The molecule has 6 nitrogen and oxygen atoms in total. The summed E-state index contributed by atoms with van der Waals surface area (Å²) in [6.07, 6.45) is 8.33. The van der Waals surface area contributed by atoms with Gasteiger partial charge in [-0.05, 0) is 53.7 Å². The first-order valence-electron chi connectivity index (χ1n) is 11.0. The van der Waals surface area contributed by atoms with Crippen molar-refractivity contribution in [3.8, 4) is 5.75 Å². The number of carbonyl (C=O) groups is 2. The van der Waals surface area contributed by atoms with Crippen LogP contribution < -0.4 is 10.1 Å². The molecular formula is C27H26N2O4. The number of amides is 1. The summed E-state index contributed by atoms with van der Waals surface area (Å²) in [5.74, 6) is -0.478. The molecule has 1 aliphatic carbocycles. The molecule has 6 heteroatoms. The van der Waals surface area contributed by atoms with Gasteiger partial charge in [0, 0.05) is 24.4 Å². The molecule has 2 N–H and O–H groups in total. The molecule has 0 saturated heterocycles. The van der Waals surface area contributed by atoms with Gasteiger partial charge in [0.2, 0.25) is 5.91 Å². The number of fused-ring (bicyclic) bond motifs is 1. The third kappa shape index (κ3) is 5.66. The molecule has 0 spiro atoms. The van der Waals surface area contributed by atoms with Crippen LogP contribution in [0.1, 0.15) is 47.6 Å². The lowest BCUT2D eigenvalue weighted by molar-refractivity contribution is -0.139. The maximum atomic E-state index is 12.9. The normalized spacial score (nSPS) is 14.8. The second-order valence-corrected chi connectivity index (χ2v) is 7.95. The zero-order valence-electron chi connectivity index (χ0n) is 18.2. The van der Waals surface area contributed by atoms with Crippen molar-refractivity contribution >= 4 is 17.4 Å². The number of aliphatic carboxylic acids is 1. The molecule has 1 aliphatic rings. The minimum absolute atomic E-state index is 0.0781. The van der Waals surface area contributed by atoms with Gasteiger partial charge in [0.1, 0.15) is 5.75 Å². The summed E-state index contributed by atoms with van der Waals surface area (Å²) in [4.78, 5) is 28.0. The van der Waals surface area contributed by atoms with E-state index in [-0.39, 0.29) is 25.0 Å². The molecule has 0 bridgehead atoms. The lowest BCUT2D eigenvalue weighted by atomic mass is 9.86. The highest BCUT2D eigenvalue weighted by atomic mass is 16.5. The molecular weight excluding hydrogens is 416 g/mol. The van der Waals surface area contributed by atoms with Gasteiger partial charge in [0.05, 0.1) is 6.04 Å². The highest BCUT2D eigenvalue weighted by Gasteiger charge is 2.20. The number of hydrogen-bond acceptors (Lipinski definition) is 4. The monoisotopic (exact) mass is 442 g/mol. The number of hydrogen-bond donors (Lipinski definition) is 2. The molecule has 0 saturated carbocycles. The first-order chi connectivity index (χ1) is 16.1. The van der Waals surface area contributed by atoms with Gasteiger partial charge in [-0.3, -0.25) is 9.78 Å². The summed E-state index contributed by atoms with van der Waals surface area (Å²) < 4.78 is 5.48. The van der Waals surface area contributed by atoms with Crippen molar-refractivity contribution in [3.05, 3.63) is 101 Å². The maximum absolute atomic E-state index is 12.9. The van der Waals surface area contributed by atoms with Crippen LogP contribution in [0.3, 0.4) is 0 Å². The van der Waals surface area contributed by atoms with Crippen LogP contribution in [0.2, 0.25) is 0 Å². The molecule has 0 fully saturated rings. The zero-order valence-corrected chi connectivity index (χ0v) is 18.2. The number of nitrogens with zero attached hydrogens (tertiary/aromatic N) is 1. The van der Waals surface area contributed by atoms with E-state index in [1.807, 2.05) is 60.7 Å². The number of carboxylic acid groups (broad SMARTS) is 1. The molecule has 33 heavy (non-hydrogen) atoms. The number of ether oxygens (including phenoxy) is 1. The van der Waals surface area contributed by atoms with Gasteiger partial charge in [-0.15, -0.1) is 0 Å². The molecule has 168 valence electrons. The van der Waals surface area contributed by atoms with Gasteiger partial charge in [-0.1, -0.05) is 54.6 Å². The Balaban J connectivity index is 1.51. The fourth-order valence-electron chi connectivity index (χ4n) is 4.19. The number of aromatic nitrogens is 1. The van der Waals surface area contributed by atoms with Crippen molar-refractivity contribution in [2.24, 2.45) is 0 Å². The topological polar surface area (TPSA) is 88.5 Å². The third-order valence-corrected chi connectivity index (χ3v) is 5.69. The number of allylic oxidation sites excluding steroid dienone is 1. The summed E-state index contributed by atoms with van der Waals surface area (Å²) in [6.45, 7) is -0.368. The second-order valence-electron chi connectivity index (χ2n) is 7.95. The van der Waals surface area contributed by atoms with Crippen molar-refractivity contribution in [3.63, 3.8) is 0 Å². The molecule has 0 radical (unpaired) electrons. The Morgan fingerprint density at radius 3 is 2.61 bits per heavy atom. The fourth-order valence-corrected chi connectivity index (χ4v) is 4.19. The van der Waals surface area contributed by atoms with Gasteiger partial charge >= 0.3 is 5.97 Å². The van der Waals surface area contributed by atoms with E-state index >= 15 is 0 Å². The first kappa shape index (κ1) is 22.3. The van der Waals surface area contributed by atoms with Crippen LogP contribution in [0.25, 0.3) is 5.57 Å². The zero-order chi connectivity index (χ0) is 23.0. The standard InChI is InChI=1S/C27H26N2O4/c30-25(29-27(20-7-2-1-3-8-20)21-10-6-16-28-17-21)15-14-19-9-4-12-23-22(19)11-5-13-24(23)33-18-26(31)32/h1-3,5-8,10-11,13-14,16-17,27H,4,9,12,15,18H2,(H,29,30)(H,31,32). The van der Waals surface area contributed by atoms with Gasteiger partial charge in [-0.2, -0.15) is 0 Å². The Bertz CT molecular complexity index is 1100. The fraction of sp³-hybridized carbons (Fsp3) is 0.222. The Morgan fingerprint density at radius 1 is 1.03 bits per heavy atom. The highest BCUT2D eigenvalue weighted by Crippen LogP contribution is 2.36. The van der Waals surface area contributed by atoms with E-state index in [2.05, 4.69) is 10.3 Å². The van der Waals surface area contributed by atoms with Crippen LogP contribution in [0.15, 0.2) is 79.1 Å². The molecule has 1 unspecified atom stereocenters. The lowest BCUT2D eigenvalue weighted by Gasteiger charge is -2.22. The molecule has 2 aromatic carbocycles. The second kappa shape index (κ2) is 10.6.